The Balaban J connectivity index is 3.09. The van der Waals surface area contributed by atoms with Gasteiger partial charge in [0.2, 0.25) is 0 Å². The molecule has 0 heterocycles. The van der Waals surface area contributed by atoms with E-state index in [-0.39, 0.29) is 6.61 Å². The summed E-state index contributed by atoms with van der Waals surface area (Å²) in [6, 6.07) is 5.52. The van der Waals surface area contributed by atoms with Crippen LogP contribution in [-0.4, -0.2) is 13.0 Å². The summed E-state index contributed by atoms with van der Waals surface area (Å²) in [4.78, 5) is 0. The van der Waals surface area contributed by atoms with E-state index in [0.717, 1.165) is 11.1 Å². The van der Waals surface area contributed by atoms with Gasteiger partial charge in [-0.3, -0.25) is 0 Å². The second kappa shape index (κ2) is 2.89. The van der Waals surface area contributed by atoms with Gasteiger partial charge in [-0.2, -0.15) is 0 Å². The fourth-order valence-corrected chi connectivity index (χ4v) is 0.862. The summed E-state index contributed by atoms with van der Waals surface area (Å²) in [5, 5.41) is 8.79. The third kappa shape index (κ3) is 1.39. The highest BCUT2D eigenvalue weighted by Gasteiger charge is 1.94. The quantitative estimate of drug-likeness (QED) is 0.544. The maximum absolute atomic E-state index is 8.79. The van der Waals surface area contributed by atoms with E-state index in [9.17, 15) is 0 Å². The first-order valence-electron chi connectivity index (χ1n) is 3.20. The predicted octanol–water partition coefficient (Wildman–Crippen LogP) is 0.281. The van der Waals surface area contributed by atoms with Gasteiger partial charge in [0.1, 0.15) is 7.85 Å². The van der Waals surface area contributed by atoms with Crippen LogP contribution in [0.1, 0.15) is 11.1 Å². The molecule has 0 aliphatic rings. The van der Waals surface area contributed by atoms with Crippen molar-refractivity contribution < 1.29 is 5.11 Å². The van der Waals surface area contributed by atoms with Crippen molar-refractivity contribution in [3.8, 4) is 0 Å². The Morgan fingerprint density at radius 3 is 2.70 bits per heavy atom. The van der Waals surface area contributed by atoms with Crippen molar-refractivity contribution in [2.24, 2.45) is 0 Å². The van der Waals surface area contributed by atoms with E-state index >= 15 is 0 Å². The summed E-state index contributed by atoms with van der Waals surface area (Å²) < 4.78 is 0. The first kappa shape index (κ1) is 7.35. The SMILES string of the molecule is [B]c1ccc(C)c(CO)c1. The van der Waals surface area contributed by atoms with E-state index in [0.29, 0.717) is 5.46 Å². The lowest BCUT2D eigenvalue weighted by Crippen LogP contribution is -2.04. The van der Waals surface area contributed by atoms with Crippen molar-refractivity contribution in [2.45, 2.75) is 13.5 Å². The van der Waals surface area contributed by atoms with Crippen molar-refractivity contribution in [3.05, 3.63) is 29.3 Å². The van der Waals surface area contributed by atoms with Crippen LogP contribution >= 0.6 is 0 Å². The highest BCUT2D eigenvalue weighted by Crippen LogP contribution is 2.03. The van der Waals surface area contributed by atoms with Crippen LogP contribution in [0.5, 0.6) is 0 Å². The number of rotatable bonds is 1. The van der Waals surface area contributed by atoms with Gasteiger partial charge in [-0.05, 0) is 18.1 Å². The zero-order valence-corrected chi connectivity index (χ0v) is 5.96. The van der Waals surface area contributed by atoms with Crippen molar-refractivity contribution in [1.29, 1.82) is 0 Å². The maximum atomic E-state index is 8.79. The maximum Gasteiger partial charge on any atom is 0.113 e. The van der Waals surface area contributed by atoms with Crippen LogP contribution in [0.2, 0.25) is 0 Å². The number of hydrogen-bond donors (Lipinski definition) is 1. The van der Waals surface area contributed by atoms with Crippen LogP contribution in [0.4, 0.5) is 0 Å². The predicted molar refractivity (Wildman–Crippen MR) is 42.5 cm³/mol. The topological polar surface area (TPSA) is 20.2 Å². The number of hydrogen-bond acceptors (Lipinski definition) is 1. The molecule has 1 N–H and O–H groups in total. The minimum atomic E-state index is 0.0663. The lowest BCUT2D eigenvalue weighted by molar-refractivity contribution is 0.281. The molecule has 2 heteroatoms. The van der Waals surface area contributed by atoms with Gasteiger partial charge >= 0.3 is 0 Å². The van der Waals surface area contributed by atoms with Crippen LogP contribution in [0.15, 0.2) is 18.2 Å². The highest BCUT2D eigenvalue weighted by molar-refractivity contribution is 6.32. The van der Waals surface area contributed by atoms with Gasteiger partial charge in [-0.1, -0.05) is 23.7 Å². The zero-order chi connectivity index (χ0) is 7.56. The first-order chi connectivity index (χ1) is 4.74. The molecule has 0 saturated carbocycles. The van der Waals surface area contributed by atoms with Crippen LogP contribution in [-0.2, 0) is 6.61 Å². The summed E-state index contributed by atoms with van der Waals surface area (Å²) in [6.45, 7) is 2.02. The van der Waals surface area contributed by atoms with Crippen molar-refractivity contribution in [3.63, 3.8) is 0 Å². The normalized spacial score (nSPS) is 9.80. The van der Waals surface area contributed by atoms with Crippen molar-refractivity contribution in [1.82, 2.24) is 0 Å². The molecule has 0 spiro atoms. The Morgan fingerprint density at radius 2 is 2.20 bits per heavy atom. The van der Waals surface area contributed by atoms with E-state index < -0.39 is 0 Å². The molecule has 50 valence electrons. The van der Waals surface area contributed by atoms with Gasteiger partial charge < -0.3 is 5.11 Å². The lowest BCUT2D eigenvalue weighted by atomic mass is 9.93. The Bertz CT molecular complexity index is 233. The molecule has 0 atom stereocenters. The Morgan fingerprint density at radius 1 is 1.50 bits per heavy atom. The standard InChI is InChI=1S/C8H9BO/c1-6-2-3-8(9)4-7(6)5-10/h2-4,10H,5H2,1H3. The van der Waals surface area contributed by atoms with Gasteiger partial charge in [0.15, 0.2) is 0 Å². The summed E-state index contributed by atoms with van der Waals surface area (Å²) in [6.07, 6.45) is 0. The molecule has 10 heavy (non-hydrogen) atoms. The number of aliphatic hydroxyl groups is 1. The van der Waals surface area contributed by atoms with Gasteiger partial charge in [0.25, 0.3) is 0 Å². The minimum Gasteiger partial charge on any atom is -0.392 e. The number of aryl methyl sites for hydroxylation is 1. The van der Waals surface area contributed by atoms with Crippen LogP contribution in [0, 0.1) is 6.92 Å². The molecule has 0 amide bonds. The molecule has 0 bridgehead atoms. The smallest absolute Gasteiger partial charge is 0.113 e. The molecule has 1 rings (SSSR count). The molecule has 1 nitrogen and oxygen atoms in total. The van der Waals surface area contributed by atoms with Gasteiger partial charge in [-0.25, -0.2) is 0 Å². The van der Waals surface area contributed by atoms with E-state index in [4.69, 9.17) is 13.0 Å². The number of aliphatic hydroxyl groups excluding tert-OH is 1. The largest absolute Gasteiger partial charge is 0.392 e. The second-order valence-corrected chi connectivity index (χ2v) is 2.34. The number of benzene rings is 1. The third-order valence-corrected chi connectivity index (χ3v) is 1.54. The van der Waals surface area contributed by atoms with E-state index in [1.807, 2.05) is 19.1 Å². The molecule has 1 aromatic carbocycles. The molecule has 0 fully saturated rings. The Hall–Kier alpha value is -0.755. The van der Waals surface area contributed by atoms with Crippen LogP contribution < -0.4 is 5.46 Å². The molecular weight excluding hydrogens is 123 g/mol. The average Bonchev–Trinajstić information content (AvgIpc) is 1.94. The zero-order valence-electron chi connectivity index (χ0n) is 5.96. The fourth-order valence-electron chi connectivity index (χ4n) is 0.862. The van der Waals surface area contributed by atoms with Gasteiger partial charge in [-0.15, -0.1) is 0 Å². The van der Waals surface area contributed by atoms with E-state index in [1.54, 1.807) is 6.07 Å². The van der Waals surface area contributed by atoms with Gasteiger partial charge in [0, 0.05) is 0 Å². The molecule has 0 unspecified atom stereocenters. The summed E-state index contributed by atoms with van der Waals surface area (Å²) >= 11 is 0. The molecular formula is C8H9BO. The fraction of sp³-hybridized carbons (Fsp3) is 0.250. The first-order valence-corrected chi connectivity index (χ1v) is 3.20. The molecule has 1 aromatic rings. The summed E-state index contributed by atoms with van der Waals surface area (Å²) in [5.41, 5.74) is 2.69. The lowest BCUT2D eigenvalue weighted by Gasteiger charge is -2.02. The summed E-state index contributed by atoms with van der Waals surface area (Å²) in [7, 11) is 5.49. The van der Waals surface area contributed by atoms with Crippen molar-refractivity contribution >= 4 is 13.3 Å². The monoisotopic (exact) mass is 132 g/mol. The van der Waals surface area contributed by atoms with Crippen LogP contribution in [0.3, 0.4) is 0 Å². The van der Waals surface area contributed by atoms with E-state index in [1.165, 1.54) is 0 Å². The second-order valence-electron chi connectivity index (χ2n) is 2.34. The highest BCUT2D eigenvalue weighted by atomic mass is 16.3. The minimum absolute atomic E-state index is 0.0663. The summed E-state index contributed by atoms with van der Waals surface area (Å²) in [5.74, 6) is 0. The molecule has 0 aliphatic carbocycles. The molecule has 2 radical (unpaired) electrons. The van der Waals surface area contributed by atoms with Gasteiger partial charge in [0.05, 0.1) is 6.61 Å². The third-order valence-electron chi connectivity index (χ3n) is 1.54. The average molecular weight is 132 g/mol. The Kier molecular flexibility index (Phi) is 2.12. The van der Waals surface area contributed by atoms with Crippen molar-refractivity contribution in [2.75, 3.05) is 0 Å². The Labute approximate surface area is 62.1 Å². The molecule has 0 aromatic heterocycles. The van der Waals surface area contributed by atoms with Crippen LogP contribution in [0.25, 0.3) is 0 Å². The van der Waals surface area contributed by atoms with E-state index in [2.05, 4.69) is 0 Å². The molecule has 0 saturated heterocycles. The molecule has 0 aliphatic heterocycles.